The Balaban J connectivity index is 2.00. The summed E-state index contributed by atoms with van der Waals surface area (Å²) in [7, 11) is 0. The van der Waals surface area contributed by atoms with Gasteiger partial charge in [0.1, 0.15) is 0 Å². The fourth-order valence-corrected chi connectivity index (χ4v) is 2.38. The second-order valence-corrected chi connectivity index (χ2v) is 7.10. The lowest BCUT2D eigenvalue weighted by atomic mass is 9.87. The van der Waals surface area contributed by atoms with Gasteiger partial charge in [0, 0.05) is 23.1 Å². The summed E-state index contributed by atoms with van der Waals surface area (Å²) in [5.74, 6) is 0. The molecular weight excluding hydrogens is 316 g/mol. The first-order valence-corrected chi connectivity index (χ1v) is 7.94. The molecule has 0 amide bonds. The fourth-order valence-electron chi connectivity index (χ4n) is 1.99. The molecule has 0 bridgehead atoms. The lowest BCUT2D eigenvalue weighted by molar-refractivity contribution is 0.262. The molecule has 0 saturated carbocycles. The number of halogens is 1. The van der Waals surface area contributed by atoms with E-state index in [0.29, 0.717) is 10.1 Å². The molecule has 2 aromatic rings. The third-order valence-electron chi connectivity index (χ3n) is 3.38. The number of rotatable bonds is 4. The van der Waals surface area contributed by atoms with Crippen LogP contribution in [0.25, 0.3) is 0 Å². The first-order valence-electron chi connectivity index (χ1n) is 7.15. The van der Waals surface area contributed by atoms with Crippen LogP contribution in [-0.2, 0) is 6.54 Å². The molecule has 1 aromatic heterocycles. The van der Waals surface area contributed by atoms with Crippen LogP contribution in [0.2, 0.25) is 5.02 Å². The van der Waals surface area contributed by atoms with Gasteiger partial charge in [-0.3, -0.25) is 4.68 Å². The molecule has 0 aliphatic carbocycles. The Morgan fingerprint density at radius 3 is 2.55 bits per heavy atom. The van der Waals surface area contributed by atoms with Crippen molar-refractivity contribution in [1.29, 1.82) is 0 Å². The van der Waals surface area contributed by atoms with Gasteiger partial charge in [-0.2, -0.15) is 5.10 Å². The molecule has 0 radical (unpaired) electrons. The van der Waals surface area contributed by atoms with Gasteiger partial charge < -0.3 is 10.6 Å². The van der Waals surface area contributed by atoms with E-state index in [4.69, 9.17) is 23.8 Å². The number of nitrogens with one attached hydrogen (secondary N) is 2. The van der Waals surface area contributed by atoms with Crippen molar-refractivity contribution in [2.75, 3.05) is 5.32 Å². The van der Waals surface area contributed by atoms with Crippen molar-refractivity contribution in [1.82, 2.24) is 15.1 Å². The molecule has 0 spiro atoms. The van der Waals surface area contributed by atoms with E-state index in [1.807, 2.05) is 41.2 Å². The van der Waals surface area contributed by atoms with Gasteiger partial charge in [-0.1, -0.05) is 32.4 Å². The molecule has 118 valence electrons. The highest BCUT2D eigenvalue weighted by Crippen LogP contribution is 2.21. The molecule has 2 N–H and O–H groups in total. The minimum absolute atomic E-state index is 0.0394. The molecule has 1 aromatic carbocycles. The Hall–Kier alpha value is -1.59. The topological polar surface area (TPSA) is 41.9 Å². The zero-order valence-corrected chi connectivity index (χ0v) is 14.6. The van der Waals surface area contributed by atoms with E-state index < -0.39 is 0 Å². The van der Waals surface area contributed by atoms with Crippen molar-refractivity contribution in [2.45, 2.75) is 33.4 Å². The van der Waals surface area contributed by atoms with Gasteiger partial charge >= 0.3 is 0 Å². The summed E-state index contributed by atoms with van der Waals surface area (Å²) in [5, 5.41) is 12.1. The van der Waals surface area contributed by atoms with E-state index >= 15 is 0 Å². The van der Waals surface area contributed by atoms with Gasteiger partial charge in [0.25, 0.3) is 0 Å². The number of benzene rings is 1. The van der Waals surface area contributed by atoms with Gasteiger partial charge in [-0.05, 0) is 48.0 Å². The zero-order valence-electron chi connectivity index (χ0n) is 13.0. The number of aromatic nitrogens is 2. The minimum Gasteiger partial charge on any atom is -0.357 e. The molecule has 0 aliphatic heterocycles. The van der Waals surface area contributed by atoms with E-state index in [0.717, 1.165) is 12.2 Å². The van der Waals surface area contributed by atoms with Crippen LogP contribution in [0.5, 0.6) is 0 Å². The summed E-state index contributed by atoms with van der Waals surface area (Å²) in [6.45, 7) is 7.29. The highest BCUT2D eigenvalue weighted by atomic mass is 35.5. The van der Waals surface area contributed by atoms with Crippen LogP contribution >= 0.6 is 23.8 Å². The van der Waals surface area contributed by atoms with Crippen LogP contribution < -0.4 is 10.6 Å². The van der Waals surface area contributed by atoms with Crippen molar-refractivity contribution in [3.63, 3.8) is 0 Å². The first-order chi connectivity index (χ1) is 10.3. The molecule has 0 aliphatic rings. The number of nitrogens with zero attached hydrogens (tertiary/aromatic N) is 2. The van der Waals surface area contributed by atoms with E-state index in [9.17, 15) is 0 Å². The smallest absolute Gasteiger partial charge is 0.171 e. The first kappa shape index (κ1) is 16.8. The molecule has 0 saturated heterocycles. The standard InChI is InChI=1S/C16H21ClN4S/c1-16(2,3)14(11-21-10-4-9-18-21)20-15(22)19-13-7-5-12(17)6-8-13/h4-10,14H,11H2,1-3H3,(H2,19,20,22). The van der Waals surface area contributed by atoms with Crippen LogP contribution in [0, 0.1) is 5.41 Å². The third-order valence-corrected chi connectivity index (χ3v) is 3.85. The maximum atomic E-state index is 5.89. The van der Waals surface area contributed by atoms with Crippen LogP contribution in [0.1, 0.15) is 20.8 Å². The van der Waals surface area contributed by atoms with Crippen molar-refractivity contribution in [3.05, 3.63) is 47.7 Å². The average molecular weight is 337 g/mol. The fraction of sp³-hybridized carbons (Fsp3) is 0.375. The van der Waals surface area contributed by atoms with Crippen LogP contribution in [0.4, 0.5) is 5.69 Å². The second-order valence-electron chi connectivity index (χ2n) is 6.25. The predicted octanol–water partition coefficient (Wildman–Crippen LogP) is 3.94. The summed E-state index contributed by atoms with van der Waals surface area (Å²) in [6.07, 6.45) is 3.74. The number of thiocarbonyl (C=S) groups is 1. The SMILES string of the molecule is CC(C)(C)C(Cn1cccn1)NC(=S)Nc1ccc(Cl)cc1. The quantitative estimate of drug-likeness (QED) is 0.830. The Bertz CT molecular complexity index is 602. The summed E-state index contributed by atoms with van der Waals surface area (Å²) in [6, 6.07) is 9.53. The maximum absolute atomic E-state index is 5.89. The Kier molecular flexibility index (Phi) is 5.42. The molecule has 1 atom stereocenters. The van der Waals surface area contributed by atoms with Crippen LogP contribution in [0.15, 0.2) is 42.7 Å². The summed E-state index contributed by atoms with van der Waals surface area (Å²) >= 11 is 11.3. The van der Waals surface area contributed by atoms with Crippen molar-refractivity contribution >= 4 is 34.6 Å². The van der Waals surface area contributed by atoms with Gasteiger partial charge in [0.05, 0.1) is 12.6 Å². The van der Waals surface area contributed by atoms with Crippen molar-refractivity contribution in [2.24, 2.45) is 5.41 Å². The van der Waals surface area contributed by atoms with Gasteiger partial charge in [-0.25, -0.2) is 0 Å². The predicted molar refractivity (Wildman–Crippen MR) is 96.3 cm³/mol. The average Bonchev–Trinajstić information content (AvgIpc) is 2.92. The van der Waals surface area contributed by atoms with Crippen molar-refractivity contribution < 1.29 is 0 Å². The van der Waals surface area contributed by atoms with E-state index in [1.165, 1.54) is 0 Å². The molecule has 0 fully saturated rings. The van der Waals surface area contributed by atoms with Gasteiger partial charge in [0.2, 0.25) is 0 Å². The van der Waals surface area contributed by atoms with Crippen LogP contribution in [0.3, 0.4) is 0 Å². The monoisotopic (exact) mass is 336 g/mol. The zero-order chi connectivity index (χ0) is 16.2. The molecule has 1 unspecified atom stereocenters. The third kappa shape index (κ3) is 5.00. The number of hydrogen-bond acceptors (Lipinski definition) is 2. The number of hydrogen-bond donors (Lipinski definition) is 2. The van der Waals surface area contributed by atoms with E-state index in [1.54, 1.807) is 6.20 Å². The maximum Gasteiger partial charge on any atom is 0.171 e. The van der Waals surface area contributed by atoms with Gasteiger partial charge in [-0.15, -0.1) is 0 Å². The Labute approximate surface area is 141 Å². The molecule has 2 rings (SSSR count). The van der Waals surface area contributed by atoms with E-state index in [2.05, 4.69) is 36.5 Å². The Morgan fingerprint density at radius 2 is 2.00 bits per heavy atom. The molecule has 6 heteroatoms. The highest BCUT2D eigenvalue weighted by Gasteiger charge is 2.25. The lowest BCUT2D eigenvalue weighted by Crippen LogP contribution is -2.48. The second kappa shape index (κ2) is 7.11. The summed E-state index contributed by atoms with van der Waals surface area (Å²) < 4.78 is 1.91. The van der Waals surface area contributed by atoms with Gasteiger partial charge in [0.15, 0.2) is 5.11 Å². The van der Waals surface area contributed by atoms with Crippen molar-refractivity contribution in [3.8, 4) is 0 Å². The molecule has 4 nitrogen and oxygen atoms in total. The lowest BCUT2D eigenvalue weighted by Gasteiger charge is -2.32. The normalized spacial score (nSPS) is 12.7. The molecule has 22 heavy (non-hydrogen) atoms. The van der Waals surface area contributed by atoms with E-state index in [-0.39, 0.29) is 11.5 Å². The summed E-state index contributed by atoms with van der Waals surface area (Å²) in [5.41, 5.74) is 0.950. The largest absolute Gasteiger partial charge is 0.357 e. The van der Waals surface area contributed by atoms with Crippen LogP contribution in [-0.4, -0.2) is 20.9 Å². The molecular formula is C16H21ClN4S. The molecule has 1 heterocycles. The number of anilines is 1. The Morgan fingerprint density at radius 1 is 1.32 bits per heavy atom. The highest BCUT2D eigenvalue weighted by molar-refractivity contribution is 7.80. The summed E-state index contributed by atoms with van der Waals surface area (Å²) in [4.78, 5) is 0. The minimum atomic E-state index is 0.0394.